The lowest BCUT2D eigenvalue weighted by molar-refractivity contribution is -0.133. The highest BCUT2D eigenvalue weighted by atomic mass is 16.2. The van der Waals surface area contributed by atoms with Crippen LogP contribution in [0.3, 0.4) is 0 Å². The summed E-state index contributed by atoms with van der Waals surface area (Å²) in [4.78, 5) is 38.8. The van der Waals surface area contributed by atoms with E-state index in [9.17, 15) is 9.59 Å². The molecule has 0 spiro atoms. The van der Waals surface area contributed by atoms with Gasteiger partial charge in [0.15, 0.2) is 5.65 Å². The van der Waals surface area contributed by atoms with Crippen LogP contribution in [0.1, 0.15) is 49.2 Å². The fourth-order valence-electron chi connectivity index (χ4n) is 4.15. The van der Waals surface area contributed by atoms with E-state index in [2.05, 4.69) is 25.4 Å². The van der Waals surface area contributed by atoms with Crippen molar-refractivity contribution in [1.82, 2.24) is 34.9 Å². The van der Waals surface area contributed by atoms with E-state index < -0.39 is 0 Å². The quantitative estimate of drug-likeness (QED) is 0.700. The number of rotatable bonds is 4. The molecule has 9 heteroatoms. The Kier molecular flexibility index (Phi) is 4.60. The van der Waals surface area contributed by atoms with E-state index in [-0.39, 0.29) is 29.3 Å². The van der Waals surface area contributed by atoms with Crippen LogP contribution in [-0.4, -0.2) is 53.5 Å². The van der Waals surface area contributed by atoms with Crippen LogP contribution in [0.5, 0.6) is 0 Å². The molecule has 0 aromatic carbocycles. The van der Waals surface area contributed by atoms with Gasteiger partial charge in [-0.2, -0.15) is 5.10 Å². The summed E-state index contributed by atoms with van der Waals surface area (Å²) in [7, 11) is 1.86. The van der Waals surface area contributed by atoms with Crippen molar-refractivity contribution in [3.8, 4) is 0 Å². The van der Waals surface area contributed by atoms with Crippen molar-refractivity contribution < 1.29 is 9.59 Å². The molecular weight excluding hydrogens is 370 g/mol. The lowest BCUT2D eigenvalue weighted by Crippen LogP contribution is -2.44. The first-order chi connectivity index (χ1) is 13.8. The van der Waals surface area contributed by atoms with E-state index in [1.165, 1.54) is 6.33 Å². The van der Waals surface area contributed by atoms with Crippen LogP contribution < -0.4 is 5.32 Å². The van der Waals surface area contributed by atoms with E-state index in [0.29, 0.717) is 29.7 Å². The highest BCUT2D eigenvalue weighted by Gasteiger charge is 2.45. The molecule has 0 unspecified atom stereocenters. The van der Waals surface area contributed by atoms with Gasteiger partial charge >= 0.3 is 0 Å². The first-order valence-corrected chi connectivity index (χ1v) is 9.62. The molecule has 0 saturated carbocycles. The van der Waals surface area contributed by atoms with Crippen molar-refractivity contribution in [3.05, 3.63) is 42.1 Å². The van der Waals surface area contributed by atoms with Crippen LogP contribution >= 0.6 is 0 Å². The second kappa shape index (κ2) is 6.98. The van der Waals surface area contributed by atoms with Gasteiger partial charge in [-0.1, -0.05) is 0 Å². The molecule has 4 rings (SSSR count). The molecule has 3 aromatic heterocycles. The van der Waals surface area contributed by atoms with E-state index in [4.69, 9.17) is 0 Å². The van der Waals surface area contributed by atoms with Crippen LogP contribution in [0, 0.1) is 5.92 Å². The first kappa shape index (κ1) is 19.1. The number of aromatic nitrogens is 5. The normalized spacial score (nSPS) is 19.9. The minimum absolute atomic E-state index is 0.0473. The maximum atomic E-state index is 12.8. The smallest absolute Gasteiger partial charge is 0.253 e. The number of imidazole rings is 1. The van der Waals surface area contributed by atoms with E-state index >= 15 is 0 Å². The van der Waals surface area contributed by atoms with Gasteiger partial charge in [-0.25, -0.2) is 9.97 Å². The lowest BCUT2D eigenvalue weighted by Gasteiger charge is -2.38. The average molecular weight is 395 g/mol. The molecule has 3 aromatic rings. The molecule has 0 aliphatic carbocycles. The number of carbonyl (C=O) groups is 2. The van der Waals surface area contributed by atoms with Crippen LogP contribution in [0.2, 0.25) is 0 Å². The van der Waals surface area contributed by atoms with E-state index in [0.717, 1.165) is 5.56 Å². The van der Waals surface area contributed by atoms with Crippen LogP contribution in [-0.2, 0) is 11.8 Å². The number of carbonyl (C=O) groups excluding carboxylic acids is 2. The van der Waals surface area contributed by atoms with Gasteiger partial charge in [-0.15, -0.1) is 0 Å². The number of hydrogen-bond donors (Lipinski definition) is 2. The zero-order chi connectivity index (χ0) is 20.8. The summed E-state index contributed by atoms with van der Waals surface area (Å²) in [5.41, 5.74) is 2.24. The van der Waals surface area contributed by atoms with E-state index in [1.807, 2.05) is 38.9 Å². The van der Waals surface area contributed by atoms with Crippen LogP contribution in [0.25, 0.3) is 11.2 Å². The van der Waals surface area contributed by atoms with Crippen LogP contribution in [0.15, 0.2) is 31.0 Å². The zero-order valence-corrected chi connectivity index (χ0v) is 17.0. The summed E-state index contributed by atoms with van der Waals surface area (Å²) >= 11 is 0. The summed E-state index contributed by atoms with van der Waals surface area (Å²) in [6.07, 6.45) is 7.20. The van der Waals surface area contributed by atoms with Crippen molar-refractivity contribution in [2.24, 2.45) is 13.0 Å². The standard InChI is InChI=1S/C20H25N7O2/c1-20(2,3)27-15(28)7-12(17(27)13-9-25-26(4)10-13)8-22-19(29)14-5-6-21-18-16(14)23-11-24-18/h5-6,9-12,17H,7-8H2,1-4H3,(H,22,29)(H,21,23,24)/t12-,17+/m1/s1. The Hall–Kier alpha value is -3.23. The maximum absolute atomic E-state index is 12.8. The molecular formula is C20H25N7O2. The number of hydrogen-bond acceptors (Lipinski definition) is 5. The Labute approximate surface area is 168 Å². The molecule has 1 saturated heterocycles. The second-order valence-electron chi connectivity index (χ2n) is 8.46. The largest absolute Gasteiger partial charge is 0.352 e. The van der Waals surface area contributed by atoms with Crippen molar-refractivity contribution in [1.29, 1.82) is 0 Å². The molecule has 2 atom stereocenters. The highest BCUT2D eigenvalue weighted by Crippen LogP contribution is 2.42. The molecule has 152 valence electrons. The second-order valence-corrected chi connectivity index (χ2v) is 8.46. The summed E-state index contributed by atoms with van der Waals surface area (Å²) in [5.74, 6) is -0.173. The third-order valence-corrected chi connectivity index (χ3v) is 5.32. The number of aryl methyl sites for hydroxylation is 1. The molecule has 4 heterocycles. The average Bonchev–Trinajstić information content (AvgIpc) is 3.36. The number of nitrogens with zero attached hydrogens (tertiary/aromatic N) is 5. The van der Waals surface area contributed by atoms with Crippen molar-refractivity contribution in [3.63, 3.8) is 0 Å². The Morgan fingerprint density at radius 2 is 2.14 bits per heavy atom. The molecule has 1 aliphatic rings. The zero-order valence-electron chi connectivity index (χ0n) is 17.0. The SMILES string of the molecule is Cn1cc([C@@H]2[C@@H](CNC(=O)c3ccnc4nc[nH]c34)CC(=O)N2C(C)(C)C)cn1. The topological polar surface area (TPSA) is 109 Å². The Balaban J connectivity index is 1.57. The number of fused-ring (bicyclic) bond motifs is 1. The lowest BCUT2D eigenvalue weighted by atomic mass is 9.93. The Bertz CT molecular complexity index is 1060. The molecule has 9 nitrogen and oxygen atoms in total. The number of pyridine rings is 1. The van der Waals surface area contributed by atoms with Gasteiger partial charge in [0.05, 0.1) is 29.6 Å². The minimum Gasteiger partial charge on any atom is -0.352 e. The number of likely N-dealkylation sites (tertiary alicyclic amines) is 1. The monoisotopic (exact) mass is 395 g/mol. The summed E-state index contributed by atoms with van der Waals surface area (Å²) in [6.45, 7) is 6.47. The fourth-order valence-corrected chi connectivity index (χ4v) is 4.15. The summed E-state index contributed by atoms with van der Waals surface area (Å²) < 4.78 is 1.74. The number of nitrogens with one attached hydrogen (secondary N) is 2. The molecule has 29 heavy (non-hydrogen) atoms. The number of H-pyrrole nitrogens is 1. The third kappa shape index (κ3) is 3.48. The Morgan fingerprint density at radius 1 is 1.34 bits per heavy atom. The summed E-state index contributed by atoms with van der Waals surface area (Å²) in [6, 6.07) is 1.52. The Morgan fingerprint density at radius 3 is 2.83 bits per heavy atom. The van der Waals surface area contributed by atoms with E-state index in [1.54, 1.807) is 23.1 Å². The molecule has 1 aliphatic heterocycles. The number of amides is 2. The van der Waals surface area contributed by atoms with Gasteiger partial charge < -0.3 is 15.2 Å². The van der Waals surface area contributed by atoms with Crippen LogP contribution in [0.4, 0.5) is 0 Å². The highest BCUT2D eigenvalue weighted by molar-refractivity contribution is 6.03. The van der Waals surface area contributed by atoms with Crippen molar-refractivity contribution in [2.45, 2.75) is 38.8 Å². The van der Waals surface area contributed by atoms with Crippen molar-refractivity contribution >= 4 is 23.0 Å². The summed E-state index contributed by atoms with van der Waals surface area (Å²) in [5, 5.41) is 7.28. The first-order valence-electron chi connectivity index (χ1n) is 9.62. The van der Waals surface area contributed by atoms with Gasteiger partial charge in [-0.3, -0.25) is 14.3 Å². The predicted octanol–water partition coefficient (Wildman–Crippen LogP) is 1.81. The van der Waals surface area contributed by atoms with Gasteiger partial charge in [-0.05, 0) is 26.8 Å². The number of aromatic amines is 1. The molecule has 0 radical (unpaired) electrons. The van der Waals surface area contributed by atoms with Crippen molar-refractivity contribution in [2.75, 3.05) is 6.54 Å². The van der Waals surface area contributed by atoms with Gasteiger partial charge in [0.25, 0.3) is 5.91 Å². The third-order valence-electron chi connectivity index (χ3n) is 5.32. The maximum Gasteiger partial charge on any atom is 0.253 e. The molecule has 2 amide bonds. The van der Waals surface area contributed by atoms with Gasteiger partial charge in [0, 0.05) is 49.4 Å². The molecule has 0 bridgehead atoms. The fraction of sp³-hybridized carbons (Fsp3) is 0.450. The van der Waals surface area contributed by atoms with Gasteiger partial charge in [0.2, 0.25) is 5.91 Å². The predicted molar refractivity (Wildman–Crippen MR) is 107 cm³/mol. The van der Waals surface area contributed by atoms with Gasteiger partial charge in [0.1, 0.15) is 0 Å². The molecule has 1 fully saturated rings. The molecule has 2 N–H and O–H groups in total. The minimum atomic E-state index is -0.330.